The van der Waals surface area contributed by atoms with Crippen molar-refractivity contribution in [2.24, 2.45) is 0 Å². The summed E-state index contributed by atoms with van der Waals surface area (Å²) in [6.07, 6.45) is -0.262. The Kier molecular flexibility index (Phi) is 4.37. The highest BCUT2D eigenvalue weighted by Crippen LogP contribution is 2.31. The number of para-hydroxylation sites is 1. The molecule has 2 aromatic rings. The SMILES string of the molecule is CCOC(=O)c1oc2ccccc2c1NC(=O)CC(C)=O. The van der Waals surface area contributed by atoms with Crippen LogP contribution < -0.4 is 5.32 Å². The molecule has 0 fully saturated rings. The highest BCUT2D eigenvalue weighted by Gasteiger charge is 2.23. The normalized spacial score (nSPS) is 10.4. The highest BCUT2D eigenvalue weighted by atomic mass is 16.5. The van der Waals surface area contributed by atoms with Crippen molar-refractivity contribution in [3.8, 4) is 0 Å². The van der Waals surface area contributed by atoms with Crippen molar-refractivity contribution in [1.82, 2.24) is 0 Å². The van der Waals surface area contributed by atoms with Crippen LogP contribution in [0.3, 0.4) is 0 Å². The van der Waals surface area contributed by atoms with Crippen molar-refractivity contribution < 1.29 is 23.5 Å². The number of rotatable bonds is 5. The van der Waals surface area contributed by atoms with Gasteiger partial charge in [-0.15, -0.1) is 0 Å². The number of carbonyl (C=O) groups excluding carboxylic acids is 3. The van der Waals surface area contributed by atoms with E-state index in [1.165, 1.54) is 6.92 Å². The maximum atomic E-state index is 11.9. The standard InChI is InChI=1S/C15H15NO5/c1-3-20-15(19)14-13(16-12(18)8-9(2)17)10-6-4-5-7-11(10)21-14/h4-7H,3,8H2,1-2H3,(H,16,18). The third-order valence-corrected chi connectivity index (χ3v) is 2.73. The molecule has 0 aliphatic rings. The monoisotopic (exact) mass is 289 g/mol. The number of Topliss-reactive ketones (excluding diaryl/α,β-unsaturated/α-hetero) is 1. The molecule has 6 heteroatoms. The average molecular weight is 289 g/mol. The van der Waals surface area contributed by atoms with Gasteiger partial charge in [0.2, 0.25) is 11.7 Å². The van der Waals surface area contributed by atoms with E-state index >= 15 is 0 Å². The number of hydrogen-bond acceptors (Lipinski definition) is 5. The summed E-state index contributed by atoms with van der Waals surface area (Å²) in [5.41, 5.74) is 0.689. The lowest BCUT2D eigenvalue weighted by atomic mass is 10.2. The van der Waals surface area contributed by atoms with E-state index in [1.54, 1.807) is 31.2 Å². The van der Waals surface area contributed by atoms with Crippen molar-refractivity contribution in [2.75, 3.05) is 11.9 Å². The maximum absolute atomic E-state index is 11.9. The van der Waals surface area contributed by atoms with Gasteiger partial charge >= 0.3 is 5.97 Å². The molecule has 110 valence electrons. The Morgan fingerprint density at radius 3 is 2.62 bits per heavy atom. The van der Waals surface area contributed by atoms with E-state index in [4.69, 9.17) is 9.15 Å². The molecule has 0 aliphatic heterocycles. The molecule has 0 radical (unpaired) electrons. The number of carbonyl (C=O) groups is 3. The van der Waals surface area contributed by atoms with Crippen LogP contribution in [0.25, 0.3) is 11.0 Å². The molecule has 1 amide bonds. The number of hydrogen-bond donors (Lipinski definition) is 1. The number of amides is 1. The molecular formula is C15H15NO5. The van der Waals surface area contributed by atoms with Gasteiger partial charge in [-0.1, -0.05) is 12.1 Å². The molecule has 0 saturated carbocycles. The summed E-state index contributed by atoms with van der Waals surface area (Å²) in [5, 5.41) is 3.13. The molecule has 1 N–H and O–H groups in total. The van der Waals surface area contributed by atoms with Gasteiger partial charge in [0, 0.05) is 5.39 Å². The quantitative estimate of drug-likeness (QED) is 0.675. The Morgan fingerprint density at radius 1 is 1.24 bits per heavy atom. The zero-order chi connectivity index (χ0) is 15.4. The van der Waals surface area contributed by atoms with Crippen LogP contribution in [0, 0.1) is 0 Å². The summed E-state index contributed by atoms with van der Waals surface area (Å²) < 4.78 is 10.4. The van der Waals surface area contributed by atoms with Crippen LogP contribution in [0.2, 0.25) is 0 Å². The molecule has 0 saturated heterocycles. The van der Waals surface area contributed by atoms with Crippen LogP contribution in [0.15, 0.2) is 28.7 Å². The molecule has 2 rings (SSSR count). The van der Waals surface area contributed by atoms with Crippen LogP contribution in [0.5, 0.6) is 0 Å². The molecule has 0 unspecified atom stereocenters. The molecule has 1 heterocycles. The number of ketones is 1. The van der Waals surface area contributed by atoms with Gasteiger partial charge in [0.15, 0.2) is 0 Å². The fraction of sp³-hybridized carbons (Fsp3) is 0.267. The van der Waals surface area contributed by atoms with E-state index in [1.807, 2.05) is 0 Å². The third-order valence-electron chi connectivity index (χ3n) is 2.73. The number of furan rings is 1. The first-order chi connectivity index (χ1) is 10.0. The van der Waals surface area contributed by atoms with Crippen LogP contribution in [0.1, 0.15) is 30.8 Å². The number of nitrogens with one attached hydrogen (secondary N) is 1. The minimum Gasteiger partial charge on any atom is -0.460 e. The van der Waals surface area contributed by atoms with E-state index in [-0.39, 0.29) is 30.3 Å². The van der Waals surface area contributed by atoms with Crippen molar-refractivity contribution in [1.29, 1.82) is 0 Å². The molecular weight excluding hydrogens is 274 g/mol. The number of benzene rings is 1. The van der Waals surface area contributed by atoms with E-state index in [0.29, 0.717) is 11.0 Å². The predicted octanol–water partition coefficient (Wildman–Crippen LogP) is 2.53. The summed E-state index contributed by atoms with van der Waals surface area (Å²) in [6.45, 7) is 3.19. The lowest BCUT2D eigenvalue weighted by Crippen LogP contribution is -2.17. The molecule has 6 nitrogen and oxygen atoms in total. The van der Waals surface area contributed by atoms with Crippen LogP contribution in [0.4, 0.5) is 5.69 Å². The molecule has 0 aliphatic carbocycles. The Labute approximate surface area is 121 Å². The van der Waals surface area contributed by atoms with Gasteiger partial charge in [-0.3, -0.25) is 9.59 Å². The van der Waals surface area contributed by atoms with Crippen molar-refractivity contribution in [3.63, 3.8) is 0 Å². The van der Waals surface area contributed by atoms with E-state index < -0.39 is 11.9 Å². The topological polar surface area (TPSA) is 85.6 Å². The molecule has 0 atom stereocenters. The first-order valence-electron chi connectivity index (χ1n) is 6.50. The van der Waals surface area contributed by atoms with E-state index in [0.717, 1.165) is 0 Å². The van der Waals surface area contributed by atoms with Gasteiger partial charge in [0.1, 0.15) is 17.1 Å². The first kappa shape index (κ1) is 14.8. The highest BCUT2D eigenvalue weighted by molar-refractivity contribution is 6.12. The fourth-order valence-corrected chi connectivity index (χ4v) is 1.92. The minimum atomic E-state index is -0.660. The Hall–Kier alpha value is -2.63. The summed E-state index contributed by atoms with van der Waals surface area (Å²) in [6, 6.07) is 6.90. The van der Waals surface area contributed by atoms with Gasteiger partial charge < -0.3 is 14.5 Å². The van der Waals surface area contributed by atoms with E-state index in [9.17, 15) is 14.4 Å². The number of esters is 1. The second-order valence-corrected chi connectivity index (χ2v) is 4.45. The molecule has 0 bridgehead atoms. The zero-order valence-electron chi connectivity index (χ0n) is 11.8. The second kappa shape index (κ2) is 6.21. The zero-order valence-corrected chi connectivity index (χ0v) is 11.8. The number of ether oxygens (including phenoxy) is 1. The van der Waals surface area contributed by atoms with Gasteiger partial charge in [0.05, 0.1) is 13.0 Å². The molecule has 0 spiro atoms. The molecule has 1 aromatic heterocycles. The lowest BCUT2D eigenvalue weighted by molar-refractivity contribution is -0.124. The van der Waals surface area contributed by atoms with Crippen molar-refractivity contribution in [3.05, 3.63) is 30.0 Å². The van der Waals surface area contributed by atoms with Gasteiger partial charge in [-0.2, -0.15) is 0 Å². The molecule has 1 aromatic carbocycles. The van der Waals surface area contributed by atoms with Gasteiger partial charge in [-0.05, 0) is 26.0 Å². The van der Waals surface area contributed by atoms with Crippen LogP contribution in [-0.2, 0) is 14.3 Å². The summed E-state index contributed by atoms with van der Waals surface area (Å²) >= 11 is 0. The Bertz CT molecular complexity index is 701. The Balaban J connectivity index is 2.42. The lowest BCUT2D eigenvalue weighted by Gasteiger charge is -2.04. The van der Waals surface area contributed by atoms with E-state index in [2.05, 4.69) is 5.32 Å². The third kappa shape index (κ3) is 3.28. The summed E-state index contributed by atoms with van der Waals surface area (Å²) in [5.74, 6) is -1.50. The predicted molar refractivity (Wildman–Crippen MR) is 76.1 cm³/mol. The maximum Gasteiger partial charge on any atom is 0.376 e. The first-order valence-corrected chi connectivity index (χ1v) is 6.50. The minimum absolute atomic E-state index is 0.0741. The second-order valence-electron chi connectivity index (χ2n) is 4.45. The smallest absolute Gasteiger partial charge is 0.376 e. The summed E-state index contributed by atoms with van der Waals surface area (Å²) in [7, 11) is 0. The largest absolute Gasteiger partial charge is 0.460 e. The summed E-state index contributed by atoms with van der Waals surface area (Å²) in [4.78, 5) is 34.7. The van der Waals surface area contributed by atoms with Gasteiger partial charge in [-0.25, -0.2) is 4.79 Å². The van der Waals surface area contributed by atoms with Crippen molar-refractivity contribution in [2.45, 2.75) is 20.3 Å². The van der Waals surface area contributed by atoms with Gasteiger partial charge in [0.25, 0.3) is 0 Å². The Morgan fingerprint density at radius 2 is 1.95 bits per heavy atom. The number of anilines is 1. The number of fused-ring (bicyclic) bond motifs is 1. The van der Waals surface area contributed by atoms with Crippen LogP contribution in [-0.4, -0.2) is 24.3 Å². The average Bonchev–Trinajstić information content (AvgIpc) is 2.77. The molecule has 21 heavy (non-hydrogen) atoms. The van der Waals surface area contributed by atoms with Crippen molar-refractivity contribution >= 4 is 34.3 Å². The fourth-order valence-electron chi connectivity index (χ4n) is 1.92. The van der Waals surface area contributed by atoms with Crippen LogP contribution >= 0.6 is 0 Å².